The summed E-state index contributed by atoms with van der Waals surface area (Å²) in [6, 6.07) is 0.106. The Morgan fingerprint density at radius 2 is 1.95 bits per heavy atom. The smallest absolute Gasteiger partial charge is 0.407 e. The summed E-state index contributed by atoms with van der Waals surface area (Å²) >= 11 is 1.30. The predicted octanol–water partition coefficient (Wildman–Crippen LogP) is 2.91. The summed E-state index contributed by atoms with van der Waals surface area (Å²) in [5.74, 6) is -3.85. The third kappa shape index (κ3) is 8.41. The summed E-state index contributed by atoms with van der Waals surface area (Å²) in [5, 5.41) is 4.56. The van der Waals surface area contributed by atoms with Gasteiger partial charge in [0.05, 0.1) is 6.33 Å². The summed E-state index contributed by atoms with van der Waals surface area (Å²) in [6.07, 6.45) is 2.28. The highest BCUT2D eigenvalue weighted by Crippen LogP contribution is 2.26. The standard InChI is InChI=1S/C24H30F3N5O4S/c1-24(2,3)36-23(35)31-16(8-14-9-18(26)19(27)11-17(14)25)10-20(33)32-6-7-37-22(32)21(34)29-5-4-15-12-28-13-30-15/h9,11-13,16,22H,4-8,10H2,1-3H3,(H,28,30)(H,29,34)(H,31,35)/t16-,22?/m1/s1. The Morgan fingerprint density at radius 3 is 2.62 bits per heavy atom. The number of imidazole rings is 1. The van der Waals surface area contributed by atoms with E-state index < -0.39 is 46.5 Å². The maximum atomic E-state index is 14.3. The van der Waals surface area contributed by atoms with Crippen LogP contribution in [0.2, 0.25) is 0 Å². The number of thioether (sulfide) groups is 1. The number of aromatic amines is 1. The van der Waals surface area contributed by atoms with Gasteiger partial charge in [0.1, 0.15) is 11.4 Å². The molecular weight excluding hydrogens is 511 g/mol. The van der Waals surface area contributed by atoms with Gasteiger partial charge in [0.15, 0.2) is 17.0 Å². The van der Waals surface area contributed by atoms with Crippen LogP contribution in [0.3, 0.4) is 0 Å². The van der Waals surface area contributed by atoms with Gasteiger partial charge in [-0.25, -0.2) is 22.9 Å². The third-order valence-electron chi connectivity index (χ3n) is 5.38. The van der Waals surface area contributed by atoms with Crippen LogP contribution >= 0.6 is 11.8 Å². The lowest BCUT2D eigenvalue weighted by molar-refractivity contribution is -0.136. The van der Waals surface area contributed by atoms with E-state index in [1.165, 1.54) is 23.0 Å². The minimum Gasteiger partial charge on any atom is -0.444 e. The largest absolute Gasteiger partial charge is 0.444 e. The highest BCUT2D eigenvalue weighted by atomic mass is 32.2. The zero-order valence-electron chi connectivity index (χ0n) is 20.8. The molecule has 2 atom stereocenters. The second-order valence-electron chi connectivity index (χ2n) is 9.54. The van der Waals surface area contributed by atoms with Crippen molar-refractivity contribution in [3.05, 3.63) is 53.4 Å². The molecule has 1 aliphatic heterocycles. The number of halogens is 3. The Morgan fingerprint density at radius 1 is 1.22 bits per heavy atom. The number of ether oxygens (including phenoxy) is 1. The van der Waals surface area contributed by atoms with Crippen LogP contribution in [0.4, 0.5) is 18.0 Å². The van der Waals surface area contributed by atoms with Crippen LogP contribution in [0, 0.1) is 17.5 Å². The van der Waals surface area contributed by atoms with E-state index in [4.69, 9.17) is 4.74 Å². The number of nitrogens with zero attached hydrogens (tertiary/aromatic N) is 2. The molecule has 0 saturated carbocycles. The minimum atomic E-state index is -1.34. The summed E-state index contributed by atoms with van der Waals surface area (Å²) in [5.41, 5.74) is -0.193. The maximum absolute atomic E-state index is 14.3. The van der Waals surface area contributed by atoms with E-state index in [9.17, 15) is 27.6 Å². The molecular formula is C24H30F3N5O4S. The van der Waals surface area contributed by atoms with Crippen molar-refractivity contribution in [1.29, 1.82) is 0 Å². The Balaban J connectivity index is 1.68. The quantitative estimate of drug-likeness (QED) is 0.421. The van der Waals surface area contributed by atoms with Crippen molar-refractivity contribution in [3.8, 4) is 0 Å². The Kier molecular flexibility index (Phi) is 9.46. The summed E-state index contributed by atoms with van der Waals surface area (Å²) in [6.45, 7) is 5.61. The second-order valence-corrected chi connectivity index (χ2v) is 10.7. The van der Waals surface area contributed by atoms with Gasteiger partial charge in [-0.1, -0.05) is 0 Å². The fourth-order valence-electron chi connectivity index (χ4n) is 3.73. The molecule has 9 nitrogen and oxygen atoms in total. The first kappa shape index (κ1) is 28.4. The topological polar surface area (TPSA) is 116 Å². The molecule has 1 fully saturated rings. The van der Waals surface area contributed by atoms with Gasteiger partial charge in [0.25, 0.3) is 5.91 Å². The van der Waals surface area contributed by atoms with Crippen molar-refractivity contribution in [2.45, 2.75) is 57.1 Å². The van der Waals surface area contributed by atoms with Gasteiger partial charge in [-0.15, -0.1) is 11.8 Å². The molecule has 202 valence electrons. The molecule has 1 unspecified atom stereocenters. The molecule has 1 saturated heterocycles. The van der Waals surface area contributed by atoms with Crippen molar-refractivity contribution in [1.82, 2.24) is 25.5 Å². The van der Waals surface area contributed by atoms with Crippen molar-refractivity contribution in [2.24, 2.45) is 0 Å². The number of benzene rings is 1. The normalized spacial score (nSPS) is 16.4. The number of aromatic nitrogens is 2. The molecule has 1 aromatic heterocycles. The number of nitrogens with one attached hydrogen (secondary N) is 3. The van der Waals surface area contributed by atoms with E-state index in [2.05, 4.69) is 20.6 Å². The van der Waals surface area contributed by atoms with Crippen LogP contribution < -0.4 is 10.6 Å². The summed E-state index contributed by atoms with van der Waals surface area (Å²) < 4.78 is 46.7. The van der Waals surface area contributed by atoms with Crippen LogP contribution in [0.5, 0.6) is 0 Å². The Labute approximate surface area is 216 Å². The molecule has 1 aliphatic rings. The van der Waals surface area contributed by atoms with Crippen molar-refractivity contribution in [2.75, 3.05) is 18.8 Å². The monoisotopic (exact) mass is 541 g/mol. The molecule has 0 aliphatic carbocycles. The van der Waals surface area contributed by atoms with Crippen LogP contribution in [0.1, 0.15) is 38.4 Å². The zero-order chi connectivity index (χ0) is 27.2. The van der Waals surface area contributed by atoms with Gasteiger partial charge < -0.3 is 25.3 Å². The number of hydrogen-bond donors (Lipinski definition) is 3. The molecule has 1 aromatic carbocycles. The molecule has 2 heterocycles. The first-order valence-electron chi connectivity index (χ1n) is 11.7. The maximum Gasteiger partial charge on any atom is 0.407 e. The number of carbonyl (C=O) groups excluding carboxylic acids is 3. The molecule has 3 N–H and O–H groups in total. The van der Waals surface area contributed by atoms with E-state index in [0.29, 0.717) is 37.4 Å². The highest BCUT2D eigenvalue weighted by molar-refractivity contribution is 8.00. The SMILES string of the molecule is CC(C)(C)OC(=O)N[C@@H](CC(=O)N1CCSC1C(=O)NCCc1cnc[nH]1)Cc1cc(F)c(F)cc1F. The fourth-order valence-corrected chi connectivity index (χ4v) is 4.90. The molecule has 13 heteroatoms. The van der Waals surface area contributed by atoms with E-state index in [1.54, 1.807) is 27.0 Å². The average Bonchev–Trinajstić information content (AvgIpc) is 3.48. The van der Waals surface area contributed by atoms with Gasteiger partial charge in [0.2, 0.25) is 5.91 Å². The number of hydrogen-bond acceptors (Lipinski definition) is 6. The number of rotatable bonds is 9. The number of H-pyrrole nitrogens is 1. The molecule has 0 bridgehead atoms. The van der Waals surface area contributed by atoms with E-state index in [0.717, 1.165) is 5.69 Å². The number of carbonyl (C=O) groups is 3. The summed E-state index contributed by atoms with van der Waals surface area (Å²) in [4.78, 5) is 46.6. The molecule has 37 heavy (non-hydrogen) atoms. The lowest BCUT2D eigenvalue weighted by Crippen LogP contribution is -2.48. The molecule has 3 amide bonds. The predicted molar refractivity (Wildman–Crippen MR) is 131 cm³/mol. The van der Waals surface area contributed by atoms with E-state index in [-0.39, 0.29) is 24.3 Å². The van der Waals surface area contributed by atoms with Gasteiger partial charge in [0, 0.05) is 55.7 Å². The first-order chi connectivity index (χ1) is 17.4. The lowest BCUT2D eigenvalue weighted by atomic mass is 10.0. The van der Waals surface area contributed by atoms with E-state index >= 15 is 0 Å². The third-order valence-corrected chi connectivity index (χ3v) is 6.58. The minimum absolute atomic E-state index is 0.211. The van der Waals surface area contributed by atoms with Gasteiger partial charge in [-0.2, -0.15) is 0 Å². The molecule has 0 radical (unpaired) electrons. The summed E-state index contributed by atoms with van der Waals surface area (Å²) in [7, 11) is 0. The number of alkyl carbamates (subject to hydrolysis) is 1. The van der Waals surface area contributed by atoms with Gasteiger partial charge >= 0.3 is 6.09 Å². The zero-order valence-corrected chi connectivity index (χ0v) is 21.6. The van der Waals surface area contributed by atoms with Crippen LogP contribution in [0.25, 0.3) is 0 Å². The van der Waals surface area contributed by atoms with Crippen LogP contribution in [-0.2, 0) is 27.2 Å². The fraction of sp³-hybridized carbons (Fsp3) is 0.500. The number of amides is 3. The lowest BCUT2D eigenvalue weighted by Gasteiger charge is -2.27. The van der Waals surface area contributed by atoms with Crippen molar-refractivity contribution >= 4 is 29.7 Å². The van der Waals surface area contributed by atoms with Crippen LogP contribution in [-0.4, -0.2) is 68.6 Å². The first-order valence-corrected chi connectivity index (χ1v) is 12.8. The van der Waals surface area contributed by atoms with E-state index in [1.807, 2.05) is 0 Å². The van der Waals surface area contributed by atoms with Crippen molar-refractivity contribution in [3.63, 3.8) is 0 Å². The molecule has 0 spiro atoms. The molecule has 2 aromatic rings. The Bertz CT molecular complexity index is 1110. The second kappa shape index (κ2) is 12.3. The highest BCUT2D eigenvalue weighted by Gasteiger charge is 2.36. The average molecular weight is 542 g/mol. The van der Waals surface area contributed by atoms with Crippen LogP contribution in [0.15, 0.2) is 24.7 Å². The van der Waals surface area contributed by atoms with Gasteiger partial charge in [-0.3, -0.25) is 9.59 Å². The molecule has 3 rings (SSSR count). The van der Waals surface area contributed by atoms with Crippen molar-refractivity contribution < 1.29 is 32.3 Å². The van der Waals surface area contributed by atoms with Gasteiger partial charge in [-0.05, 0) is 38.8 Å². The Hall–Kier alpha value is -3.22.